The Kier molecular flexibility index (Phi) is 2.49. The van der Waals surface area contributed by atoms with Crippen LogP contribution in [0, 0.1) is 0 Å². The minimum absolute atomic E-state index is 0.119. The fourth-order valence-corrected chi connectivity index (χ4v) is 1.75. The van der Waals surface area contributed by atoms with E-state index in [-0.39, 0.29) is 11.1 Å². The molecule has 0 amide bonds. The van der Waals surface area contributed by atoms with Crippen LogP contribution in [0.5, 0.6) is 0 Å². The molecular formula is C9H9NO3S. The SMILES string of the molecule is O=[SH](=O)C1=NOC(c2ccccc2)C1. The number of hydrogen-bond donors (Lipinski definition) is 1. The summed E-state index contributed by atoms with van der Waals surface area (Å²) in [5.41, 5.74) is 0.947. The minimum Gasteiger partial charge on any atom is -0.386 e. The van der Waals surface area contributed by atoms with Gasteiger partial charge in [0.1, 0.15) is 0 Å². The molecule has 1 unspecified atom stereocenters. The number of nitrogens with zero attached hydrogens (tertiary/aromatic N) is 1. The molecule has 0 bridgehead atoms. The molecule has 1 heterocycles. The molecule has 1 aliphatic rings. The van der Waals surface area contributed by atoms with Crippen molar-refractivity contribution in [2.24, 2.45) is 5.16 Å². The number of oxime groups is 1. The summed E-state index contributed by atoms with van der Waals surface area (Å²) >= 11 is 0. The summed E-state index contributed by atoms with van der Waals surface area (Å²) in [6, 6.07) is 9.44. The highest BCUT2D eigenvalue weighted by Gasteiger charge is 2.23. The maximum Gasteiger partial charge on any atom is 0.185 e. The standard InChI is InChI=1S/C9H9NO3S/c11-14(12)9-6-8(13-10-9)7-4-2-1-3-5-7/h1-5,8,14H,6H2. The van der Waals surface area contributed by atoms with Crippen molar-refractivity contribution in [2.75, 3.05) is 0 Å². The Bertz CT molecular complexity index is 417. The van der Waals surface area contributed by atoms with Crippen LogP contribution in [0.2, 0.25) is 0 Å². The lowest BCUT2D eigenvalue weighted by atomic mass is 10.1. The van der Waals surface area contributed by atoms with Gasteiger partial charge in [0.25, 0.3) is 0 Å². The van der Waals surface area contributed by atoms with E-state index in [0.29, 0.717) is 6.42 Å². The molecule has 0 aliphatic carbocycles. The van der Waals surface area contributed by atoms with E-state index in [1.807, 2.05) is 30.3 Å². The molecule has 1 aromatic rings. The Balaban J connectivity index is 2.13. The van der Waals surface area contributed by atoms with Gasteiger partial charge in [0.15, 0.2) is 21.9 Å². The molecule has 0 saturated heterocycles. The Morgan fingerprint density at radius 2 is 2.00 bits per heavy atom. The van der Waals surface area contributed by atoms with Gasteiger partial charge in [-0.05, 0) is 5.56 Å². The molecule has 0 saturated carbocycles. The van der Waals surface area contributed by atoms with Crippen LogP contribution < -0.4 is 0 Å². The van der Waals surface area contributed by atoms with Crippen LogP contribution in [0.3, 0.4) is 0 Å². The molecule has 2 rings (SSSR count). The summed E-state index contributed by atoms with van der Waals surface area (Å²) in [4.78, 5) is 5.02. The van der Waals surface area contributed by atoms with Crippen LogP contribution in [0.15, 0.2) is 35.5 Å². The van der Waals surface area contributed by atoms with Crippen molar-refractivity contribution in [1.29, 1.82) is 0 Å². The number of benzene rings is 1. The van der Waals surface area contributed by atoms with Gasteiger partial charge in [-0.15, -0.1) is 0 Å². The molecule has 0 aromatic heterocycles. The van der Waals surface area contributed by atoms with Gasteiger partial charge in [0.05, 0.1) is 0 Å². The molecule has 0 N–H and O–H groups in total. The molecule has 5 heteroatoms. The third-order valence-electron chi connectivity index (χ3n) is 2.04. The van der Waals surface area contributed by atoms with Gasteiger partial charge in [-0.2, -0.15) is 0 Å². The van der Waals surface area contributed by atoms with E-state index in [1.54, 1.807) is 0 Å². The van der Waals surface area contributed by atoms with Crippen LogP contribution in [0.1, 0.15) is 18.1 Å². The molecule has 1 aliphatic heterocycles. The molecule has 0 radical (unpaired) electrons. The normalized spacial score (nSPS) is 20.6. The van der Waals surface area contributed by atoms with Crippen molar-refractivity contribution in [3.63, 3.8) is 0 Å². The van der Waals surface area contributed by atoms with E-state index in [1.165, 1.54) is 0 Å². The quantitative estimate of drug-likeness (QED) is 0.707. The highest BCUT2D eigenvalue weighted by molar-refractivity contribution is 7.89. The van der Waals surface area contributed by atoms with Gasteiger partial charge in [-0.1, -0.05) is 35.5 Å². The Hall–Kier alpha value is -1.36. The van der Waals surface area contributed by atoms with E-state index in [4.69, 9.17) is 4.84 Å². The van der Waals surface area contributed by atoms with Crippen LogP contribution in [0.25, 0.3) is 0 Å². The van der Waals surface area contributed by atoms with Crippen molar-refractivity contribution >= 4 is 15.7 Å². The molecule has 14 heavy (non-hydrogen) atoms. The second kappa shape index (κ2) is 3.79. The third-order valence-corrected chi connectivity index (χ3v) is 2.72. The molecule has 0 fully saturated rings. The highest BCUT2D eigenvalue weighted by atomic mass is 32.2. The zero-order valence-corrected chi connectivity index (χ0v) is 8.18. The maximum atomic E-state index is 10.6. The van der Waals surface area contributed by atoms with Gasteiger partial charge in [0, 0.05) is 6.42 Å². The van der Waals surface area contributed by atoms with Crippen molar-refractivity contribution < 1.29 is 13.3 Å². The van der Waals surface area contributed by atoms with Crippen molar-refractivity contribution in [2.45, 2.75) is 12.5 Å². The van der Waals surface area contributed by atoms with Gasteiger partial charge in [0.2, 0.25) is 0 Å². The van der Waals surface area contributed by atoms with E-state index >= 15 is 0 Å². The first-order valence-electron chi connectivity index (χ1n) is 4.19. The largest absolute Gasteiger partial charge is 0.386 e. The van der Waals surface area contributed by atoms with Crippen LogP contribution in [-0.2, 0) is 15.5 Å². The topological polar surface area (TPSA) is 55.7 Å². The number of thiol groups is 1. The summed E-state index contributed by atoms with van der Waals surface area (Å²) < 4.78 is 21.2. The van der Waals surface area contributed by atoms with Gasteiger partial charge < -0.3 is 4.84 Å². The first-order chi connectivity index (χ1) is 6.77. The van der Waals surface area contributed by atoms with Crippen LogP contribution in [-0.4, -0.2) is 13.5 Å². The average molecular weight is 211 g/mol. The summed E-state index contributed by atoms with van der Waals surface area (Å²) in [7, 11) is -2.59. The Labute approximate surface area is 83.1 Å². The second-order valence-corrected chi connectivity index (χ2v) is 4.00. The lowest BCUT2D eigenvalue weighted by Gasteiger charge is -2.06. The van der Waals surface area contributed by atoms with E-state index in [2.05, 4.69) is 5.16 Å². The summed E-state index contributed by atoms with van der Waals surface area (Å²) in [5, 5.41) is 3.63. The van der Waals surface area contributed by atoms with Gasteiger partial charge >= 0.3 is 0 Å². The lowest BCUT2D eigenvalue weighted by molar-refractivity contribution is 0.0858. The van der Waals surface area contributed by atoms with E-state index < -0.39 is 10.7 Å². The first kappa shape index (κ1) is 9.21. The zero-order valence-electron chi connectivity index (χ0n) is 7.29. The lowest BCUT2D eigenvalue weighted by Crippen LogP contribution is -2.00. The van der Waals surface area contributed by atoms with Gasteiger partial charge in [-0.3, -0.25) is 0 Å². The zero-order chi connectivity index (χ0) is 9.97. The smallest absolute Gasteiger partial charge is 0.185 e. The third kappa shape index (κ3) is 1.77. The van der Waals surface area contributed by atoms with Crippen molar-refractivity contribution in [3.8, 4) is 0 Å². The Morgan fingerprint density at radius 1 is 1.29 bits per heavy atom. The molecule has 0 spiro atoms. The van der Waals surface area contributed by atoms with Crippen LogP contribution in [0.4, 0.5) is 0 Å². The highest BCUT2D eigenvalue weighted by Crippen LogP contribution is 2.26. The average Bonchev–Trinajstić information content (AvgIpc) is 2.68. The number of hydrogen-bond acceptors (Lipinski definition) is 4. The van der Waals surface area contributed by atoms with Crippen molar-refractivity contribution in [1.82, 2.24) is 0 Å². The number of rotatable bonds is 1. The first-order valence-corrected chi connectivity index (χ1v) is 5.37. The maximum absolute atomic E-state index is 10.6. The fourth-order valence-electron chi connectivity index (χ4n) is 1.32. The fraction of sp³-hybridized carbons (Fsp3) is 0.222. The molecule has 1 aromatic carbocycles. The Morgan fingerprint density at radius 3 is 2.57 bits per heavy atom. The molecule has 4 nitrogen and oxygen atoms in total. The van der Waals surface area contributed by atoms with E-state index in [9.17, 15) is 8.42 Å². The summed E-state index contributed by atoms with van der Waals surface area (Å²) in [6.07, 6.45) is 0.0852. The van der Waals surface area contributed by atoms with Gasteiger partial charge in [-0.25, -0.2) is 8.42 Å². The monoisotopic (exact) mass is 211 g/mol. The minimum atomic E-state index is -2.59. The molecular weight excluding hydrogens is 202 g/mol. The van der Waals surface area contributed by atoms with Crippen molar-refractivity contribution in [3.05, 3.63) is 35.9 Å². The van der Waals surface area contributed by atoms with E-state index in [0.717, 1.165) is 5.56 Å². The summed E-state index contributed by atoms with van der Waals surface area (Å²) in [5.74, 6) is 0. The summed E-state index contributed by atoms with van der Waals surface area (Å²) in [6.45, 7) is 0. The second-order valence-electron chi connectivity index (χ2n) is 2.97. The molecule has 1 atom stereocenters. The predicted octanol–water partition coefficient (Wildman–Crippen LogP) is 1.07. The van der Waals surface area contributed by atoms with Crippen LogP contribution >= 0.6 is 0 Å². The molecule has 74 valence electrons. The predicted molar refractivity (Wildman–Crippen MR) is 52.6 cm³/mol.